The summed E-state index contributed by atoms with van der Waals surface area (Å²) in [6, 6.07) is 13.9. The molecular formula is C18H18N2O. The van der Waals surface area contributed by atoms with Crippen molar-refractivity contribution >= 4 is 22.5 Å². The van der Waals surface area contributed by atoms with Crippen molar-refractivity contribution in [2.45, 2.75) is 13.8 Å². The average Bonchev–Trinajstić information content (AvgIpc) is 2.81. The summed E-state index contributed by atoms with van der Waals surface area (Å²) >= 11 is 0. The number of hydrogen-bond acceptors (Lipinski definition) is 1. The number of fused-ring (bicyclic) bond motifs is 1. The predicted octanol–water partition coefficient (Wildman–Crippen LogP) is 4.05. The summed E-state index contributed by atoms with van der Waals surface area (Å²) in [7, 11) is 1.96. The molecule has 21 heavy (non-hydrogen) atoms. The summed E-state index contributed by atoms with van der Waals surface area (Å²) in [6.07, 6.45) is 1.88. The first-order valence-corrected chi connectivity index (χ1v) is 6.99. The van der Waals surface area contributed by atoms with Gasteiger partial charge in [-0.1, -0.05) is 36.4 Å². The van der Waals surface area contributed by atoms with E-state index >= 15 is 0 Å². The molecule has 3 rings (SSSR count). The van der Waals surface area contributed by atoms with Gasteiger partial charge in [0.15, 0.2) is 0 Å². The molecule has 3 heteroatoms. The van der Waals surface area contributed by atoms with Gasteiger partial charge in [-0.05, 0) is 31.0 Å². The lowest BCUT2D eigenvalue weighted by Gasteiger charge is -2.11. The third-order valence-corrected chi connectivity index (χ3v) is 3.86. The van der Waals surface area contributed by atoms with E-state index in [4.69, 9.17) is 0 Å². The Kier molecular flexibility index (Phi) is 3.26. The number of carbonyl (C=O) groups is 1. The van der Waals surface area contributed by atoms with E-state index in [9.17, 15) is 4.79 Å². The number of anilines is 1. The average molecular weight is 278 g/mol. The maximum atomic E-state index is 12.6. The molecule has 0 aliphatic heterocycles. The van der Waals surface area contributed by atoms with Crippen molar-refractivity contribution in [1.82, 2.24) is 4.57 Å². The molecule has 3 aromatic rings. The highest BCUT2D eigenvalue weighted by molar-refractivity contribution is 6.13. The Morgan fingerprint density at radius 3 is 2.38 bits per heavy atom. The van der Waals surface area contributed by atoms with Crippen molar-refractivity contribution < 1.29 is 4.79 Å². The summed E-state index contributed by atoms with van der Waals surface area (Å²) in [4.78, 5) is 12.6. The molecule has 0 fully saturated rings. The third kappa shape index (κ3) is 2.31. The van der Waals surface area contributed by atoms with Crippen molar-refractivity contribution in [3.05, 3.63) is 65.4 Å². The van der Waals surface area contributed by atoms with Crippen LogP contribution in [-0.2, 0) is 7.05 Å². The second-order valence-electron chi connectivity index (χ2n) is 5.39. The first-order valence-electron chi connectivity index (χ1n) is 6.99. The maximum absolute atomic E-state index is 12.6. The van der Waals surface area contributed by atoms with Crippen LogP contribution in [-0.4, -0.2) is 10.5 Å². The number of rotatable bonds is 2. The van der Waals surface area contributed by atoms with Crippen LogP contribution in [0.15, 0.2) is 48.7 Å². The van der Waals surface area contributed by atoms with Crippen LogP contribution in [0.1, 0.15) is 21.5 Å². The van der Waals surface area contributed by atoms with Crippen LogP contribution < -0.4 is 5.32 Å². The lowest BCUT2D eigenvalue weighted by Crippen LogP contribution is -2.13. The monoisotopic (exact) mass is 278 g/mol. The SMILES string of the molecule is Cc1cccc(C)c1NC(=O)c1cn(C)c2ccccc12. The lowest BCUT2D eigenvalue weighted by molar-refractivity contribution is 0.102. The zero-order valence-corrected chi connectivity index (χ0v) is 12.5. The molecular weight excluding hydrogens is 260 g/mol. The van der Waals surface area contributed by atoms with Gasteiger partial charge in [-0.3, -0.25) is 4.79 Å². The predicted molar refractivity (Wildman–Crippen MR) is 86.8 cm³/mol. The molecule has 0 unspecified atom stereocenters. The van der Waals surface area contributed by atoms with E-state index in [1.165, 1.54) is 0 Å². The first kappa shape index (κ1) is 13.4. The van der Waals surface area contributed by atoms with Crippen LogP contribution in [0, 0.1) is 13.8 Å². The molecule has 1 heterocycles. The fourth-order valence-corrected chi connectivity index (χ4v) is 2.72. The molecule has 1 amide bonds. The molecule has 1 aromatic heterocycles. The molecule has 0 bridgehead atoms. The minimum absolute atomic E-state index is 0.0656. The molecule has 0 saturated heterocycles. The number of benzene rings is 2. The normalized spacial score (nSPS) is 10.8. The van der Waals surface area contributed by atoms with Gasteiger partial charge in [0.1, 0.15) is 0 Å². The van der Waals surface area contributed by atoms with E-state index in [-0.39, 0.29) is 5.91 Å². The summed E-state index contributed by atoms with van der Waals surface area (Å²) < 4.78 is 1.98. The second-order valence-corrected chi connectivity index (χ2v) is 5.39. The first-order chi connectivity index (χ1) is 10.1. The quantitative estimate of drug-likeness (QED) is 0.754. The Morgan fingerprint density at radius 2 is 1.67 bits per heavy atom. The van der Waals surface area contributed by atoms with Crippen LogP contribution in [0.25, 0.3) is 10.9 Å². The number of carbonyl (C=O) groups excluding carboxylic acids is 1. The van der Waals surface area contributed by atoms with Gasteiger partial charge in [-0.25, -0.2) is 0 Å². The van der Waals surface area contributed by atoms with Gasteiger partial charge in [-0.2, -0.15) is 0 Å². The number of nitrogens with zero attached hydrogens (tertiary/aromatic N) is 1. The molecule has 106 valence electrons. The van der Waals surface area contributed by atoms with E-state index in [2.05, 4.69) is 5.32 Å². The summed E-state index contributed by atoms with van der Waals surface area (Å²) in [5, 5.41) is 4.02. The number of nitrogens with one attached hydrogen (secondary N) is 1. The van der Waals surface area contributed by atoms with Crippen molar-refractivity contribution in [2.24, 2.45) is 7.05 Å². The van der Waals surface area contributed by atoms with Gasteiger partial charge in [0.05, 0.1) is 5.56 Å². The van der Waals surface area contributed by atoms with Crippen molar-refractivity contribution in [1.29, 1.82) is 0 Å². The Balaban J connectivity index is 2.02. The number of hydrogen-bond donors (Lipinski definition) is 1. The minimum atomic E-state index is -0.0656. The zero-order valence-electron chi connectivity index (χ0n) is 12.5. The molecule has 0 atom stereocenters. The summed E-state index contributed by atoms with van der Waals surface area (Å²) in [5.74, 6) is -0.0656. The topological polar surface area (TPSA) is 34.0 Å². The zero-order chi connectivity index (χ0) is 15.0. The molecule has 2 aromatic carbocycles. The molecule has 0 aliphatic carbocycles. The summed E-state index contributed by atoms with van der Waals surface area (Å²) in [5.41, 5.74) is 4.81. The molecule has 0 aliphatic rings. The van der Waals surface area contributed by atoms with Crippen LogP contribution in [0.4, 0.5) is 5.69 Å². The van der Waals surface area contributed by atoms with Gasteiger partial charge in [0, 0.05) is 29.8 Å². The number of amides is 1. The van der Waals surface area contributed by atoms with E-state index < -0.39 is 0 Å². The van der Waals surface area contributed by atoms with Crippen LogP contribution >= 0.6 is 0 Å². The molecule has 3 nitrogen and oxygen atoms in total. The highest BCUT2D eigenvalue weighted by atomic mass is 16.1. The van der Waals surface area contributed by atoms with Gasteiger partial charge in [0.25, 0.3) is 5.91 Å². The molecule has 0 spiro atoms. The van der Waals surface area contributed by atoms with Gasteiger partial charge in [-0.15, -0.1) is 0 Å². The standard InChI is InChI=1S/C18H18N2O/c1-12-7-6-8-13(2)17(12)19-18(21)15-11-20(3)16-10-5-4-9-14(15)16/h4-11H,1-3H3,(H,19,21). The highest BCUT2D eigenvalue weighted by Gasteiger charge is 2.15. The number of para-hydroxylation sites is 2. The van der Waals surface area contributed by atoms with E-state index in [0.717, 1.165) is 27.7 Å². The molecule has 1 N–H and O–H groups in total. The van der Waals surface area contributed by atoms with E-state index in [0.29, 0.717) is 5.56 Å². The van der Waals surface area contributed by atoms with E-state index in [1.54, 1.807) is 0 Å². The molecule has 0 radical (unpaired) electrons. The van der Waals surface area contributed by atoms with Gasteiger partial charge >= 0.3 is 0 Å². The Hall–Kier alpha value is -2.55. The maximum Gasteiger partial charge on any atom is 0.257 e. The third-order valence-electron chi connectivity index (χ3n) is 3.86. The van der Waals surface area contributed by atoms with Crippen LogP contribution in [0.5, 0.6) is 0 Å². The Bertz CT molecular complexity index is 810. The fourth-order valence-electron chi connectivity index (χ4n) is 2.72. The number of aryl methyl sites for hydroxylation is 3. The van der Waals surface area contributed by atoms with E-state index in [1.807, 2.05) is 74.1 Å². The van der Waals surface area contributed by atoms with Crippen LogP contribution in [0.3, 0.4) is 0 Å². The number of aromatic nitrogens is 1. The Morgan fingerprint density at radius 1 is 1.00 bits per heavy atom. The minimum Gasteiger partial charge on any atom is -0.350 e. The highest BCUT2D eigenvalue weighted by Crippen LogP contribution is 2.24. The smallest absolute Gasteiger partial charge is 0.257 e. The largest absolute Gasteiger partial charge is 0.350 e. The van der Waals surface area contributed by atoms with Gasteiger partial charge in [0.2, 0.25) is 0 Å². The fraction of sp³-hybridized carbons (Fsp3) is 0.167. The van der Waals surface area contributed by atoms with Crippen LogP contribution in [0.2, 0.25) is 0 Å². The van der Waals surface area contributed by atoms with Gasteiger partial charge < -0.3 is 9.88 Å². The molecule has 0 saturated carbocycles. The van der Waals surface area contributed by atoms with Crippen molar-refractivity contribution in [2.75, 3.05) is 5.32 Å². The van der Waals surface area contributed by atoms with Crippen molar-refractivity contribution in [3.8, 4) is 0 Å². The Labute approximate surface area is 124 Å². The lowest BCUT2D eigenvalue weighted by atomic mass is 10.1. The van der Waals surface area contributed by atoms with Crippen molar-refractivity contribution in [3.63, 3.8) is 0 Å². The second kappa shape index (κ2) is 5.09. The summed E-state index contributed by atoms with van der Waals surface area (Å²) in [6.45, 7) is 4.01.